The lowest BCUT2D eigenvalue weighted by atomic mass is 9.89. The summed E-state index contributed by atoms with van der Waals surface area (Å²) in [6.07, 6.45) is 4.07. The Balaban J connectivity index is 2.65. The molecule has 6 heteroatoms. The molecule has 0 aromatic rings. The second-order valence-corrected chi connectivity index (χ2v) is 5.28. The Kier molecular flexibility index (Phi) is 7.05. The van der Waals surface area contributed by atoms with E-state index in [9.17, 15) is 9.59 Å². The molecule has 0 saturated heterocycles. The minimum Gasteiger partial charge on any atom is -0.461 e. The molecule has 1 aliphatic carbocycles. The second kappa shape index (κ2) is 8.30. The van der Waals surface area contributed by atoms with Crippen LogP contribution in [0.5, 0.6) is 0 Å². The maximum absolute atomic E-state index is 11.6. The average molecular weight is 334 g/mol. The van der Waals surface area contributed by atoms with Crippen LogP contribution in [0.15, 0.2) is 5.16 Å². The third-order valence-electron chi connectivity index (χ3n) is 3.04. The van der Waals surface area contributed by atoms with Gasteiger partial charge in [0, 0.05) is 0 Å². The highest BCUT2D eigenvalue weighted by molar-refractivity contribution is 9.09. The SMILES string of the molecule is CCOC(=O)C(=NO[C@H]1CCC[C@@H](C)C1)C(=O)CBr. The van der Waals surface area contributed by atoms with E-state index >= 15 is 0 Å². The maximum Gasteiger partial charge on any atom is 0.364 e. The summed E-state index contributed by atoms with van der Waals surface area (Å²) in [6, 6.07) is 0. The van der Waals surface area contributed by atoms with E-state index in [1.54, 1.807) is 6.92 Å². The number of halogens is 1. The molecule has 1 fully saturated rings. The Morgan fingerprint density at radius 2 is 2.11 bits per heavy atom. The molecular weight excluding hydrogens is 314 g/mol. The van der Waals surface area contributed by atoms with Crippen molar-refractivity contribution < 1.29 is 19.2 Å². The van der Waals surface area contributed by atoms with E-state index in [4.69, 9.17) is 9.57 Å². The second-order valence-electron chi connectivity index (χ2n) is 4.72. The third kappa shape index (κ3) is 5.30. The van der Waals surface area contributed by atoms with Crippen LogP contribution in [0.3, 0.4) is 0 Å². The number of hydrogen-bond donors (Lipinski definition) is 0. The molecule has 2 atom stereocenters. The van der Waals surface area contributed by atoms with Gasteiger partial charge in [-0.05, 0) is 32.1 Å². The van der Waals surface area contributed by atoms with Gasteiger partial charge < -0.3 is 9.57 Å². The maximum atomic E-state index is 11.6. The fourth-order valence-corrected chi connectivity index (χ4v) is 2.33. The van der Waals surface area contributed by atoms with Crippen LogP contribution in [0.25, 0.3) is 0 Å². The highest BCUT2D eigenvalue weighted by Crippen LogP contribution is 2.25. The first-order valence-corrected chi connectivity index (χ1v) is 7.70. The summed E-state index contributed by atoms with van der Waals surface area (Å²) in [7, 11) is 0. The quantitative estimate of drug-likeness (QED) is 0.246. The van der Waals surface area contributed by atoms with Crippen LogP contribution in [0.2, 0.25) is 0 Å². The van der Waals surface area contributed by atoms with E-state index in [1.165, 1.54) is 6.42 Å². The lowest BCUT2D eigenvalue weighted by molar-refractivity contribution is -0.136. The number of rotatable bonds is 6. The number of oxime groups is 1. The van der Waals surface area contributed by atoms with Crippen LogP contribution in [0, 0.1) is 5.92 Å². The molecule has 0 aromatic carbocycles. The molecule has 0 radical (unpaired) electrons. The summed E-state index contributed by atoms with van der Waals surface area (Å²) in [5, 5.41) is 3.76. The van der Waals surface area contributed by atoms with Gasteiger partial charge in [0.15, 0.2) is 0 Å². The number of Topliss-reactive ketones (excluding diaryl/α,β-unsaturated/α-hetero) is 1. The number of nitrogens with zero attached hydrogens (tertiary/aromatic N) is 1. The zero-order chi connectivity index (χ0) is 14.3. The predicted molar refractivity (Wildman–Crippen MR) is 75.4 cm³/mol. The zero-order valence-corrected chi connectivity index (χ0v) is 12.9. The summed E-state index contributed by atoms with van der Waals surface area (Å²) in [6.45, 7) is 4.04. The van der Waals surface area contributed by atoms with Gasteiger partial charge in [0.1, 0.15) is 6.10 Å². The van der Waals surface area contributed by atoms with Gasteiger partial charge in [0.2, 0.25) is 11.5 Å². The Morgan fingerprint density at radius 1 is 1.37 bits per heavy atom. The van der Waals surface area contributed by atoms with Crippen LogP contribution in [0.1, 0.15) is 39.5 Å². The van der Waals surface area contributed by atoms with Gasteiger partial charge >= 0.3 is 5.97 Å². The zero-order valence-electron chi connectivity index (χ0n) is 11.4. The number of ketones is 1. The molecule has 0 N–H and O–H groups in total. The van der Waals surface area contributed by atoms with Crippen LogP contribution in [-0.2, 0) is 19.2 Å². The number of hydrogen-bond acceptors (Lipinski definition) is 5. The fourth-order valence-electron chi connectivity index (χ4n) is 2.07. The molecule has 1 rings (SSSR count). The summed E-state index contributed by atoms with van der Waals surface area (Å²) >= 11 is 3.02. The van der Waals surface area contributed by atoms with E-state index in [0.29, 0.717) is 5.92 Å². The Morgan fingerprint density at radius 3 is 2.68 bits per heavy atom. The van der Waals surface area contributed by atoms with Gasteiger partial charge in [0.25, 0.3) is 0 Å². The van der Waals surface area contributed by atoms with E-state index in [1.807, 2.05) is 0 Å². The van der Waals surface area contributed by atoms with Crippen molar-refractivity contribution in [1.82, 2.24) is 0 Å². The normalized spacial score (nSPS) is 23.8. The standard InChI is InChI=1S/C13H20BrNO4/c1-3-18-13(17)12(11(16)8-14)15-19-10-6-4-5-9(2)7-10/h9-10H,3-8H2,1-2H3/t9-,10+/m1/s1. The molecule has 1 saturated carbocycles. The molecule has 1 aliphatic rings. The first-order valence-electron chi connectivity index (χ1n) is 6.58. The minimum absolute atomic E-state index is 0.0173. The van der Waals surface area contributed by atoms with Gasteiger partial charge in [-0.15, -0.1) is 0 Å². The van der Waals surface area contributed by atoms with Crippen molar-refractivity contribution in [3.63, 3.8) is 0 Å². The van der Waals surface area contributed by atoms with E-state index in [-0.39, 0.29) is 23.8 Å². The summed E-state index contributed by atoms with van der Waals surface area (Å²) in [4.78, 5) is 28.6. The Hall–Kier alpha value is -0.910. The predicted octanol–water partition coefficient (Wildman–Crippen LogP) is 2.46. The highest BCUT2D eigenvalue weighted by Gasteiger charge is 2.24. The van der Waals surface area contributed by atoms with Gasteiger partial charge in [-0.1, -0.05) is 34.4 Å². The molecule has 0 aromatic heterocycles. The molecular formula is C13H20BrNO4. The van der Waals surface area contributed by atoms with Crippen molar-refractivity contribution in [3.05, 3.63) is 0 Å². The van der Waals surface area contributed by atoms with Gasteiger partial charge in [-0.25, -0.2) is 4.79 Å². The number of ether oxygens (including phenoxy) is 1. The number of alkyl halides is 1. The molecule has 0 amide bonds. The van der Waals surface area contributed by atoms with E-state index < -0.39 is 11.8 Å². The van der Waals surface area contributed by atoms with Gasteiger partial charge in [0.05, 0.1) is 11.9 Å². The van der Waals surface area contributed by atoms with Crippen molar-refractivity contribution in [3.8, 4) is 0 Å². The van der Waals surface area contributed by atoms with Gasteiger partial charge in [-0.3, -0.25) is 4.79 Å². The third-order valence-corrected chi connectivity index (χ3v) is 3.54. The van der Waals surface area contributed by atoms with Crippen LogP contribution >= 0.6 is 15.9 Å². The Labute approximate surface area is 121 Å². The molecule has 0 aliphatic heterocycles. The molecule has 5 nitrogen and oxygen atoms in total. The van der Waals surface area contributed by atoms with Crippen molar-refractivity contribution in [2.75, 3.05) is 11.9 Å². The molecule has 0 spiro atoms. The molecule has 0 bridgehead atoms. The topological polar surface area (TPSA) is 65.0 Å². The number of carbonyl (C=O) groups is 2. The number of esters is 1. The smallest absolute Gasteiger partial charge is 0.364 e. The largest absolute Gasteiger partial charge is 0.461 e. The van der Waals surface area contributed by atoms with Crippen molar-refractivity contribution in [2.45, 2.75) is 45.6 Å². The van der Waals surface area contributed by atoms with E-state index in [0.717, 1.165) is 19.3 Å². The Bertz CT molecular complexity index is 357. The summed E-state index contributed by atoms with van der Waals surface area (Å²) < 4.78 is 4.80. The average Bonchev–Trinajstić information content (AvgIpc) is 2.39. The summed E-state index contributed by atoms with van der Waals surface area (Å²) in [5.74, 6) is -0.565. The molecule has 19 heavy (non-hydrogen) atoms. The molecule has 0 heterocycles. The van der Waals surface area contributed by atoms with Crippen LogP contribution in [0.4, 0.5) is 0 Å². The fraction of sp³-hybridized carbons (Fsp3) is 0.769. The lowest BCUT2D eigenvalue weighted by Crippen LogP contribution is -2.29. The number of carbonyl (C=O) groups excluding carboxylic acids is 2. The first-order chi connectivity index (χ1) is 9.08. The van der Waals surface area contributed by atoms with Crippen molar-refractivity contribution in [1.29, 1.82) is 0 Å². The molecule has 0 unspecified atom stereocenters. The van der Waals surface area contributed by atoms with Crippen LogP contribution in [-0.4, -0.2) is 35.5 Å². The van der Waals surface area contributed by atoms with E-state index in [2.05, 4.69) is 28.0 Å². The highest BCUT2D eigenvalue weighted by atomic mass is 79.9. The minimum atomic E-state index is -0.726. The van der Waals surface area contributed by atoms with Crippen molar-refractivity contribution in [2.24, 2.45) is 11.1 Å². The van der Waals surface area contributed by atoms with Gasteiger partial charge in [-0.2, -0.15) is 0 Å². The first kappa shape index (κ1) is 16.1. The molecule has 108 valence electrons. The lowest BCUT2D eigenvalue weighted by Gasteiger charge is -2.24. The van der Waals surface area contributed by atoms with Crippen LogP contribution < -0.4 is 0 Å². The van der Waals surface area contributed by atoms with Crippen molar-refractivity contribution >= 4 is 33.4 Å². The monoisotopic (exact) mass is 333 g/mol. The summed E-state index contributed by atoms with van der Waals surface area (Å²) in [5.41, 5.74) is -0.267.